The topological polar surface area (TPSA) is 33.1 Å². The molecule has 0 radical (unpaired) electrons. The summed E-state index contributed by atoms with van der Waals surface area (Å²) in [5, 5.41) is 10.4. The molecule has 106 valence electrons. The van der Waals surface area contributed by atoms with Crippen LogP contribution in [-0.4, -0.2) is 10.1 Å². The standard InChI is InChI=1S/C14H11ClF3NO/c15-11-4-5-12(19-8-11)13(20)7-9-2-1-3-10(6-9)14(16,17)18/h1-6,8,13,20H,7H2. The Hall–Kier alpha value is -1.59. The van der Waals surface area contributed by atoms with Crippen LogP contribution in [0.4, 0.5) is 13.2 Å². The number of benzene rings is 1. The molecule has 20 heavy (non-hydrogen) atoms. The van der Waals surface area contributed by atoms with E-state index in [1.807, 2.05) is 0 Å². The lowest BCUT2D eigenvalue weighted by Gasteiger charge is -2.12. The van der Waals surface area contributed by atoms with Crippen LogP contribution in [0.5, 0.6) is 0 Å². The summed E-state index contributed by atoms with van der Waals surface area (Å²) in [5.74, 6) is 0. The average Bonchev–Trinajstić information content (AvgIpc) is 2.38. The third-order valence-electron chi connectivity index (χ3n) is 2.78. The molecule has 0 aliphatic rings. The van der Waals surface area contributed by atoms with Gasteiger partial charge in [0, 0.05) is 12.6 Å². The van der Waals surface area contributed by atoms with Crippen LogP contribution >= 0.6 is 11.6 Å². The molecular formula is C14H11ClF3NO. The minimum atomic E-state index is -4.39. The zero-order valence-electron chi connectivity index (χ0n) is 10.2. The molecule has 1 heterocycles. The molecule has 0 amide bonds. The van der Waals surface area contributed by atoms with E-state index in [1.165, 1.54) is 18.3 Å². The Morgan fingerprint density at radius 2 is 1.95 bits per heavy atom. The number of hydrogen-bond acceptors (Lipinski definition) is 2. The van der Waals surface area contributed by atoms with Gasteiger partial charge >= 0.3 is 6.18 Å². The Labute approximate surface area is 118 Å². The summed E-state index contributed by atoms with van der Waals surface area (Å²) in [7, 11) is 0. The molecule has 1 aromatic carbocycles. The highest BCUT2D eigenvalue weighted by atomic mass is 35.5. The van der Waals surface area contributed by atoms with Crippen molar-refractivity contribution in [3.05, 3.63) is 64.4 Å². The largest absolute Gasteiger partial charge is 0.416 e. The third kappa shape index (κ3) is 3.71. The molecular weight excluding hydrogens is 291 g/mol. The number of hydrogen-bond donors (Lipinski definition) is 1. The molecule has 1 N–H and O–H groups in total. The fourth-order valence-electron chi connectivity index (χ4n) is 1.79. The highest BCUT2D eigenvalue weighted by Gasteiger charge is 2.30. The van der Waals surface area contributed by atoms with Gasteiger partial charge in [-0.1, -0.05) is 29.8 Å². The first kappa shape index (κ1) is 14.8. The second-order valence-corrected chi connectivity index (χ2v) is 4.76. The predicted octanol–water partition coefficient (Wildman–Crippen LogP) is 4.03. The predicted molar refractivity (Wildman–Crippen MR) is 69.4 cm³/mol. The van der Waals surface area contributed by atoms with Crippen LogP contribution in [0, 0.1) is 0 Å². The van der Waals surface area contributed by atoms with Crippen molar-refractivity contribution in [1.82, 2.24) is 4.98 Å². The number of rotatable bonds is 3. The van der Waals surface area contributed by atoms with Crippen LogP contribution in [0.15, 0.2) is 42.6 Å². The molecule has 6 heteroatoms. The van der Waals surface area contributed by atoms with E-state index in [4.69, 9.17) is 11.6 Å². The molecule has 0 spiro atoms. The van der Waals surface area contributed by atoms with Crippen molar-refractivity contribution in [2.24, 2.45) is 0 Å². The Balaban J connectivity index is 2.15. The van der Waals surface area contributed by atoms with Gasteiger partial charge in [0.25, 0.3) is 0 Å². The number of aliphatic hydroxyl groups is 1. The van der Waals surface area contributed by atoms with Crippen molar-refractivity contribution in [2.45, 2.75) is 18.7 Å². The van der Waals surface area contributed by atoms with Gasteiger partial charge in [-0.25, -0.2) is 0 Å². The summed E-state index contributed by atoms with van der Waals surface area (Å²) < 4.78 is 37.7. The van der Waals surface area contributed by atoms with Crippen molar-refractivity contribution >= 4 is 11.6 Å². The van der Waals surface area contributed by atoms with Gasteiger partial charge < -0.3 is 5.11 Å². The van der Waals surface area contributed by atoms with E-state index in [0.29, 0.717) is 16.3 Å². The number of halogens is 4. The second kappa shape index (κ2) is 5.81. The minimum absolute atomic E-state index is 0.0541. The Morgan fingerprint density at radius 1 is 1.20 bits per heavy atom. The van der Waals surface area contributed by atoms with Crippen molar-refractivity contribution in [3.63, 3.8) is 0 Å². The molecule has 0 aliphatic heterocycles. The first-order chi connectivity index (χ1) is 9.36. The number of aliphatic hydroxyl groups excluding tert-OH is 1. The van der Waals surface area contributed by atoms with Crippen LogP contribution < -0.4 is 0 Å². The van der Waals surface area contributed by atoms with Gasteiger partial charge in [-0.15, -0.1) is 0 Å². The van der Waals surface area contributed by atoms with Gasteiger partial charge in [0.2, 0.25) is 0 Å². The number of pyridine rings is 1. The zero-order valence-corrected chi connectivity index (χ0v) is 11.0. The van der Waals surface area contributed by atoms with Gasteiger partial charge in [0.1, 0.15) is 0 Å². The molecule has 1 unspecified atom stereocenters. The highest BCUT2D eigenvalue weighted by Crippen LogP contribution is 2.30. The molecule has 0 bridgehead atoms. The lowest BCUT2D eigenvalue weighted by molar-refractivity contribution is -0.137. The summed E-state index contributed by atoms with van der Waals surface area (Å²) in [6, 6.07) is 7.99. The third-order valence-corrected chi connectivity index (χ3v) is 3.00. The lowest BCUT2D eigenvalue weighted by atomic mass is 10.0. The van der Waals surface area contributed by atoms with E-state index in [1.54, 1.807) is 12.1 Å². The molecule has 2 nitrogen and oxygen atoms in total. The first-order valence-electron chi connectivity index (χ1n) is 5.82. The quantitative estimate of drug-likeness (QED) is 0.928. The Bertz CT molecular complexity index is 584. The molecule has 0 aliphatic carbocycles. The van der Waals surface area contributed by atoms with E-state index < -0.39 is 17.8 Å². The van der Waals surface area contributed by atoms with Crippen LogP contribution in [0.25, 0.3) is 0 Å². The molecule has 2 rings (SSSR count). The van der Waals surface area contributed by atoms with Crippen LogP contribution in [-0.2, 0) is 12.6 Å². The lowest BCUT2D eigenvalue weighted by Crippen LogP contribution is -2.07. The summed E-state index contributed by atoms with van der Waals surface area (Å²) >= 11 is 5.68. The normalized spacial score (nSPS) is 13.2. The maximum absolute atomic E-state index is 12.6. The smallest absolute Gasteiger partial charge is 0.386 e. The molecule has 0 saturated carbocycles. The summed E-state index contributed by atoms with van der Waals surface area (Å²) in [6.45, 7) is 0. The van der Waals surface area contributed by atoms with Gasteiger partial charge in [-0.05, 0) is 23.8 Å². The van der Waals surface area contributed by atoms with Crippen LogP contribution in [0.1, 0.15) is 22.9 Å². The van der Waals surface area contributed by atoms with Crippen molar-refractivity contribution < 1.29 is 18.3 Å². The zero-order chi connectivity index (χ0) is 14.8. The molecule has 1 atom stereocenters. The summed E-state index contributed by atoms with van der Waals surface area (Å²) in [4.78, 5) is 3.94. The monoisotopic (exact) mass is 301 g/mol. The van der Waals surface area contributed by atoms with E-state index >= 15 is 0 Å². The Morgan fingerprint density at radius 3 is 2.55 bits per heavy atom. The van der Waals surface area contributed by atoms with E-state index in [0.717, 1.165) is 12.1 Å². The molecule has 0 saturated heterocycles. The van der Waals surface area contributed by atoms with Crippen molar-refractivity contribution in [3.8, 4) is 0 Å². The van der Waals surface area contributed by atoms with Gasteiger partial charge in [-0.2, -0.15) is 13.2 Å². The second-order valence-electron chi connectivity index (χ2n) is 4.32. The highest BCUT2D eigenvalue weighted by molar-refractivity contribution is 6.30. The molecule has 2 aromatic rings. The first-order valence-corrected chi connectivity index (χ1v) is 6.20. The van der Waals surface area contributed by atoms with Gasteiger partial charge in [0.05, 0.1) is 22.4 Å². The maximum Gasteiger partial charge on any atom is 0.416 e. The number of nitrogens with zero attached hydrogens (tertiary/aromatic N) is 1. The SMILES string of the molecule is OC(Cc1cccc(C(F)(F)F)c1)c1ccc(Cl)cn1. The molecule has 1 aromatic heterocycles. The van der Waals surface area contributed by atoms with Gasteiger partial charge in [-0.3, -0.25) is 4.98 Å². The van der Waals surface area contributed by atoms with Crippen LogP contribution in [0.2, 0.25) is 5.02 Å². The maximum atomic E-state index is 12.6. The van der Waals surface area contributed by atoms with Crippen molar-refractivity contribution in [1.29, 1.82) is 0 Å². The van der Waals surface area contributed by atoms with Gasteiger partial charge in [0.15, 0.2) is 0 Å². The number of alkyl halides is 3. The van der Waals surface area contributed by atoms with E-state index in [9.17, 15) is 18.3 Å². The van der Waals surface area contributed by atoms with Crippen molar-refractivity contribution in [2.75, 3.05) is 0 Å². The summed E-state index contributed by atoms with van der Waals surface area (Å²) in [6.07, 6.45) is -3.93. The van der Waals surface area contributed by atoms with E-state index in [2.05, 4.69) is 4.98 Å². The minimum Gasteiger partial charge on any atom is -0.386 e. The average molecular weight is 302 g/mol. The van der Waals surface area contributed by atoms with Crippen LogP contribution in [0.3, 0.4) is 0 Å². The summed E-state index contributed by atoms with van der Waals surface area (Å²) in [5.41, 5.74) is 0.0298. The fourth-order valence-corrected chi connectivity index (χ4v) is 1.90. The van der Waals surface area contributed by atoms with E-state index in [-0.39, 0.29) is 6.42 Å². The molecule has 0 fully saturated rings. The Kier molecular flexibility index (Phi) is 4.30. The number of aromatic nitrogens is 1. The fraction of sp³-hybridized carbons (Fsp3) is 0.214.